The number of fused-ring (bicyclic) bond motifs is 10. The summed E-state index contributed by atoms with van der Waals surface area (Å²) in [5, 5.41) is 64.3. The Labute approximate surface area is 666 Å². The van der Waals surface area contributed by atoms with Gasteiger partial charge < -0.3 is 121 Å². The van der Waals surface area contributed by atoms with Gasteiger partial charge in [-0.15, -0.1) is 0 Å². The molecule has 4 aliphatic heterocycles. The summed E-state index contributed by atoms with van der Waals surface area (Å²) in [5.41, 5.74) is 18.0. The zero-order chi connectivity index (χ0) is 83.2. The third kappa shape index (κ3) is 28.6. The highest BCUT2D eigenvalue weighted by Gasteiger charge is 2.44. The number of aliphatic hydroxyl groups excluding tert-OH is 2. The molecule has 4 aliphatic rings. The van der Waals surface area contributed by atoms with Crippen molar-refractivity contribution in [2.24, 2.45) is 29.0 Å². The molecule has 2 aromatic heterocycles. The summed E-state index contributed by atoms with van der Waals surface area (Å²) >= 11 is 0. The molecule has 0 saturated carbocycles. The van der Waals surface area contributed by atoms with Crippen molar-refractivity contribution in [1.29, 1.82) is 0 Å². The van der Waals surface area contributed by atoms with Crippen molar-refractivity contribution in [3.63, 3.8) is 0 Å². The molecule has 42 nitrogen and oxygen atoms in total. The van der Waals surface area contributed by atoms with E-state index in [0.29, 0.717) is 17.8 Å². The summed E-state index contributed by atoms with van der Waals surface area (Å²) in [7, 11) is 3.26. The highest BCUT2D eigenvalue weighted by molar-refractivity contribution is 8.77. The van der Waals surface area contributed by atoms with Crippen molar-refractivity contribution in [3.05, 3.63) is 36.4 Å². The van der Waals surface area contributed by atoms with Gasteiger partial charge in [0.25, 0.3) is 0 Å². The molecule has 4 fully saturated rings. The molecule has 4 saturated heterocycles. The molecule has 15 atom stereocenters. The van der Waals surface area contributed by atoms with Gasteiger partial charge in [0.2, 0.25) is 94.5 Å². The summed E-state index contributed by atoms with van der Waals surface area (Å²) in [4.78, 5) is 258. The number of hydrogen-bond acceptors (Lipinski definition) is 27. The first-order valence-corrected chi connectivity index (χ1v) is 41.9. The molecule has 626 valence electrons. The number of unbranched alkanes of at least 4 members (excludes halogenated alkanes) is 1. The van der Waals surface area contributed by atoms with Gasteiger partial charge in [-0.3, -0.25) is 81.5 Å². The fourth-order valence-electron chi connectivity index (χ4n) is 12.4. The summed E-state index contributed by atoms with van der Waals surface area (Å²) in [6.45, 7) is 4.87. The number of hydrogen-bond donors (Lipinski definition) is 21. The van der Waals surface area contributed by atoms with E-state index in [1.54, 1.807) is 13.8 Å². The molecule has 6 heterocycles. The van der Waals surface area contributed by atoms with Crippen molar-refractivity contribution < 1.29 is 96.8 Å². The number of carboxylic acids is 1. The highest BCUT2D eigenvalue weighted by atomic mass is 33.1. The summed E-state index contributed by atoms with van der Waals surface area (Å²) < 4.78 is 0. The zero-order valence-corrected chi connectivity index (χ0v) is 66.4. The van der Waals surface area contributed by atoms with Crippen molar-refractivity contribution in [3.8, 4) is 0 Å². The molecule has 0 spiro atoms. The maximum atomic E-state index is 15.0. The van der Waals surface area contributed by atoms with E-state index in [-0.39, 0.29) is 89.1 Å². The van der Waals surface area contributed by atoms with Crippen LogP contribution in [0.1, 0.15) is 110 Å². The van der Waals surface area contributed by atoms with Crippen LogP contribution in [0.3, 0.4) is 0 Å². The normalized spacial score (nSPS) is 27.9. The van der Waals surface area contributed by atoms with E-state index in [0.717, 1.165) is 48.1 Å². The minimum atomic E-state index is -1.89. The Morgan fingerprint density at radius 1 is 0.522 bits per heavy atom. The fraction of sp³-hybridized carbons (Fsp3) is 0.657. The number of aromatic amines is 2. The molecule has 46 heteroatoms. The molecule has 0 radical (unpaired) electrons. The lowest BCUT2D eigenvalue weighted by Crippen LogP contribution is -2.62. The number of H-pyrrole nitrogens is 2. The standard InChI is InChI=1S/C67H104N22O20S4/c1-32(2)18-39-57(99)84-44(53(70)95)26-110-112-29-47-62(104)82-42(24-90)58(100)81-41(20-36-23-72-31-74-36)67(109)88-16-8-11-48(88)63(105)75-34(5)54(96)85-46(28-113-111-27-45(60(102)86-47)76-50(92)21-69)61(103)83-43(25-91)59(101)87-52(33(3)4)65(107)78-37(10-6-7-15-68)55(97)80-40(19-35-22-71-30-73-35)66(108)89-17-9-12-49(89)64(106)77-38(56(98)79-39)13-14-51(93)94/h22-23,30-34,37-49,52,90-91H,6-21,24-29,68-69H2,1-5H3,(H2,70,95)(H,71,73)(H,72,74)(H,75,105)(H,76,92)(H,77,106)(H,78,107)(H,79,98)(H,80,97)(H,81,100)(H,82,104)(H,83,103)(H,84,99)(H,85,96)(H,86,102)(H,87,101)(H,93,94)/t34-,37-,38-,39-,40-,41-,42-,43-,44-,45-,46-,47-,48-,49-,52-/m0/s1. The van der Waals surface area contributed by atoms with Crippen LogP contribution >= 0.6 is 43.2 Å². The van der Waals surface area contributed by atoms with Gasteiger partial charge in [0.05, 0.1) is 32.4 Å². The molecular formula is C67H104N22O20S4. The molecule has 24 N–H and O–H groups in total. The Kier molecular flexibility index (Phi) is 37.8. The molecule has 2 aromatic rings. The minimum absolute atomic E-state index is 0.00802. The minimum Gasteiger partial charge on any atom is -0.481 e. The summed E-state index contributed by atoms with van der Waals surface area (Å²) in [6.07, 6.45) is 4.47. The van der Waals surface area contributed by atoms with E-state index < -0.39 is 247 Å². The monoisotopic (exact) mass is 1660 g/mol. The van der Waals surface area contributed by atoms with Crippen molar-refractivity contribution in [1.82, 2.24) is 98.9 Å². The maximum Gasteiger partial charge on any atom is 0.303 e. The number of aliphatic hydroxyl groups is 2. The van der Waals surface area contributed by atoms with Crippen LogP contribution < -0.4 is 86.3 Å². The number of aromatic nitrogens is 4. The van der Waals surface area contributed by atoms with E-state index in [1.807, 2.05) is 0 Å². The second-order valence-corrected chi connectivity index (χ2v) is 33.2. The predicted octanol–water partition coefficient (Wildman–Crippen LogP) is -7.86. The molecule has 16 amide bonds. The van der Waals surface area contributed by atoms with Crippen LogP contribution in [0.4, 0.5) is 0 Å². The third-order valence-electron chi connectivity index (χ3n) is 18.6. The van der Waals surface area contributed by atoms with Gasteiger partial charge in [-0.2, -0.15) is 0 Å². The molecule has 0 aliphatic carbocycles. The van der Waals surface area contributed by atoms with E-state index in [4.69, 9.17) is 17.2 Å². The Hall–Kier alpha value is -9.35. The van der Waals surface area contributed by atoms with Gasteiger partial charge in [0, 0.05) is 79.1 Å². The molecule has 2 bridgehead atoms. The van der Waals surface area contributed by atoms with Crippen LogP contribution in [0.25, 0.3) is 0 Å². The lowest BCUT2D eigenvalue weighted by atomic mass is 10.0. The SMILES string of the molecule is CC(C)C[C@@H]1NC(=O)[C@H](CCC(=O)O)NC(=O)[C@@H]2CCCN2C(=O)[C@H](Cc2cnc[nH]2)NC(=O)[C@H](CCCCN)NC(=O)[C@H](C(C)C)NC(=O)[C@H](CO)NC(=O)[C@@H]2CSSC[C@H](NC(=O)CN)C(=O)N[C@@H](CSSC[C@@H](C(N)=O)NC1=O)C(=O)N[C@@H](CO)C(=O)N[C@@H](Cc1cnc[nH]1)C(=O)N1CCC[C@H]1C(=O)N[C@@H](C)C(=O)N2. The smallest absolute Gasteiger partial charge is 0.303 e. The average molecular weight is 1670 g/mol. The van der Waals surface area contributed by atoms with Crippen LogP contribution in [-0.4, -0.2) is 299 Å². The number of nitrogens with zero attached hydrogens (tertiary/aromatic N) is 4. The Morgan fingerprint density at radius 3 is 1.45 bits per heavy atom. The Balaban J connectivity index is 1.45. The first kappa shape index (κ1) is 92.5. The van der Waals surface area contributed by atoms with Crippen LogP contribution in [0.5, 0.6) is 0 Å². The molecule has 0 aromatic carbocycles. The number of rotatable bonds is 19. The zero-order valence-electron chi connectivity index (χ0n) is 63.1. The number of aliphatic carboxylic acids is 1. The van der Waals surface area contributed by atoms with Crippen molar-refractivity contribution in [2.75, 3.05) is 62.4 Å². The number of carbonyl (C=O) groups excluding carboxylic acids is 16. The number of nitrogens with one attached hydrogen (secondary N) is 15. The van der Waals surface area contributed by atoms with Crippen molar-refractivity contribution >= 4 is 144 Å². The number of nitrogens with two attached hydrogens (primary N) is 3. The van der Waals surface area contributed by atoms with Crippen LogP contribution in [0.15, 0.2) is 25.0 Å². The Bertz CT molecular complexity index is 3660. The molecule has 6 rings (SSSR count). The molecular weight excluding hydrogens is 1560 g/mol. The van der Waals surface area contributed by atoms with Gasteiger partial charge in [0.1, 0.15) is 90.6 Å². The summed E-state index contributed by atoms with van der Waals surface area (Å²) in [5.74, 6) is -20.2. The van der Waals surface area contributed by atoms with Gasteiger partial charge in [0.15, 0.2) is 0 Å². The molecule has 0 unspecified atom stereocenters. The lowest BCUT2D eigenvalue weighted by Gasteiger charge is -2.31. The van der Waals surface area contributed by atoms with E-state index in [2.05, 4.69) is 89.1 Å². The van der Waals surface area contributed by atoms with Gasteiger partial charge in [-0.1, -0.05) is 70.9 Å². The largest absolute Gasteiger partial charge is 0.481 e. The lowest BCUT2D eigenvalue weighted by molar-refractivity contribution is -0.143. The van der Waals surface area contributed by atoms with Crippen LogP contribution in [0, 0.1) is 11.8 Å². The van der Waals surface area contributed by atoms with Gasteiger partial charge in [-0.05, 0) is 83.1 Å². The average Bonchev–Trinajstić information content (AvgIpc) is 1.72. The Morgan fingerprint density at radius 2 is 0.973 bits per heavy atom. The second-order valence-electron chi connectivity index (χ2n) is 28.1. The number of primary amides is 1. The topological polar surface area (TPSA) is 649 Å². The van der Waals surface area contributed by atoms with E-state index >= 15 is 0 Å². The molecule has 113 heavy (non-hydrogen) atoms. The highest BCUT2D eigenvalue weighted by Crippen LogP contribution is 2.27. The summed E-state index contributed by atoms with van der Waals surface area (Å²) in [6, 6.07) is -23.7. The number of imidazole rings is 2. The number of carbonyl (C=O) groups is 17. The van der Waals surface area contributed by atoms with Crippen LogP contribution in [-0.2, 0) is 94.3 Å². The number of amides is 16. The first-order valence-electron chi connectivity index (χ1n) is 36.9. The van der Waals surface area contributed by atoms with Gasteiger partial charge >= 0.3 is 5.97 Å². The van der Waals surface area contributed by atoms with E-state index in [1.165, 1.54) is 50.7 Å². The van der Waals surface area contributed by atoms with Crippen LogP contribution in [0.2, 0.25) is 0 Å². The van der Waals surface area contributed by atoms with Crippen molar-refractivity contribution in [2.45, 2.75) is 202 Å². The predicted molar refractivity (Wildman–Crippen MR) is 411 cm³/mol. The van der Waals surface area contributed by atoms with Gasteiger partial charge in [-0.25, -0.2) is 9.97 Å². The second kappa shape index (κ2) is 46.1. The van der Waals surface area contributed by atoms with E-state index in [9.17, 15) is 96.8 Å². The first-order chi connectivity index (χ1) is 53.8. The maximum absolute atomic E-state index is 15.0. The third-order valence-corrected chi connectivity index (χ3v) is 23.4. The quantitative estimate of drug-likeness (QED) is 0.0459. The number of carboxylic acid groups (broad SMARTS) is 1. The fourth-order valence-corrected chi connectivity index (χ4v) is 17.1.